The Labute approximate surface area is 166 Å². The third-order valence-corrected chi connectivity index (χ3v) is 5.46. The molecule has 0 aliphatic carbocycles. The zero-order valence-electron chi connectivity index (χ0n) is 14.9. The minimum Gasteiger partial charge on any atom is -0.481 e. The van der Waals surface area contributed by atoms with Crippen molar-refractivity contribution >= 4 is 17.5 Å². The number of primary amides is 1. The van der Waals surface area contributed by atoms with Gasteiger partial charge in [-0.2, -0.15) is 0 Å². The quantitative estimate of drug-likeness (QED) is 0.698. The first-order valence-corrected chi connectivity index (χ1v) is 9.19. The van der Waals surface area contributed by atoms with Gasteiger partial charge in [-0.05, 0) is 29.8 Å². The van der Waals surface area contributed by atoms with Crippen LogP contribution in [0.4, 0.5) is 4.39 Å². The van der Waals surface area contributed by atoms with Crippen LogP contribution in [0, 0.1) is 5.82 Å². The van der Waals surface area contributed by atoms with E-state index in [-0.39, 0.29) is 17.7 Å². The number of ether oxygens (including phenoxy) is 1. The van der Waals surface area contributed by atoms with E-state index in [1.54, 1.807) is 12.1 Å². The number of carbonyl (C=O) groups is 1. The zero-order chi connectivity index (χ0) is 19.9. The van der Waals surface area contributed by atoms with Crippen molar-refractivity contribution in [2.24, 2.45) is 11.5 Å². The van der Waals surface area contributed by atoms with E-state index in [9.17, 15) is 9.18 Å². The van der Waals surface area contributed by atoms with Gasteiger partial charge in [-0.1, -0.05) is 48.0 Å². The first kappa shape index (κ1) is 18.5. The topological polar surface area (TPSA) is 78.3 Å². The van der Waals surface area contributed by atoms with Gasteiger partial charge in [-0.15, -0.1) is 0 Å². The van der Waals surface area contributed by atoms with Crippen molar-refractivity contribution in [2.45, 2.75) is 12.0 Å². The highest BCUT2D eigenvalue weighted by atomic mass is 35.5. The lowest BCUT2D eigenvalue weighted by Gasteiger charge is -2.27. The van der Waals surface area contributed by atoms with E-state index in [0.29, 0.717) is 28.3 Å². The standard InChI is InChI=1S/C22H18ClFN2O2/c23-16-9-10-18-15(11-22(12-25,28-18)13-5-2-1-3-6-13)19(16)20-14(21(26)27)7-4-8-17(20)24/h1-10H,11-12,25H2,(H2,26,27)/t22-/m1/s1. The summed E-state index contributed by atoms with van der Waals surface area (Å²) >= 11 is 6.47. The van der Waals surface area contributed by atoms with Crippen LogP contribution in [0.5, 0.6) is 5.75 Å². The summed E-state index contributed by atoms with van der Waals surface area (Å²) in [4.78, 5) is 11.9. The molecule has 0 saturated carbocycles. The molecule has 1 heterocycles. The van der Waals surface area contributed by atoms with Crippen molar-refractivity contribution in [3.8, 4) is 16.9 Å². The molecule has 0 radical (unpaired) electrons. The Morgan fingerprint density at radius 1 is 1.07 bits per heavy atom. The summed E-state index contributed by atoms with van der Waals surface area (Å²) in [6.45, 7) is 0.225. The number of carbonyl (C=O) groups excluding carboxylic acids is 1. The third-order valence-electron chi connectivity index (χ3n) is 5.15. The van der Waals surface area contributed by atoms with Crippen molar-refractivity contribution in [3.63, 3.8) is 0 Å². The van der Waals surface area contributed by atoms with Crippen LogP contribution in [-0.4, -0.2) is 12.5 Å². The molecule has 0 saturated heterocycles. The number of nitrogens with two attached hydrogens (primary N) is 2. The van der Waals surface area contributed by atoms with Crippen LogP contribution in [0.2, 0.25) is 5.02 Å². The lowest BCUT2D eigenvalue weighted by Crippen LogP contribution is -2.39. The van der Waals surface area contributed by atoms with Crippen molar-refractivity contribution in [1.29, 1.82) is 0 Å². The van der Waals surface area contributed by atoms with Gasteiger partial charge >= 0.3 is 0 Å². The largest absolute Gasteiger partial charge is 0.481 e. The second-order valence-corrected chi connectivity index (χ2v) is 7.18. The lowest BCUT2D eigenvalue weighted by molar-refractivity contribution is 0.1000. The first-order valence-electron chi connectivity index (χ1n) is 8.81. The van der Waals surface area contributed by atoms with Crippen LogP contribution in [0.3, 0.4) is 0 Å². The van der Waals surface area contributed by atoms with Gasteiger partial charge in [0, 0.05) is 40.2 Å². The normalized spacial score (nSPS) is 17.8. The highest BCUT2D eigenvalue weighted by Gasteiger charge is 2.42. The molecule has 3 aromatic rings. The number of rotatable bonds is 4. The molecule has 1 amide bonds. The van der Waals surface area contributed by atoms with E-state index in [0.717, 1.165) is 5.56 Å². The third kappa shape index (κ3) is 2.84. The Morgan fingerprint density at radius 3 is 2.50 bits per heavy atom. The number of amides is 1. The number of halogens is 2. The maximum absolute atomic E-state index is 14.8. The molecule has 3 aromatic carbocycles. The Hall–Kier alpha value is -2.89. The van der Waals surface area contributed by atoms with Crippen LogP contribution in [0.1, 0.15) is 21.5 Å². The average Bonchev–Trinajstić information content (AvgIpc) is 3.09. The van der Waals surface area contributed by atoms with Gasteiger partial charge in [0.15, 0.2) is 5.60 Å². The van der Waals surface area contributed by atoms with Crippen LogP contribution >= 0.6 is 11.6 Å². The fraction of sp³-hybridized carbons (Fsp3) is 0.136. The summed E-state index contributed by atoms with van der Waals surface area (Å²) in [5.41, 5.74) is 13.0. The predicted molar refractivity (Wildman–Crippen MR) is 107 cm³/mol. The molecule has 0 unspecified atom stereocenters. The average molecular weight is 397 g/mol. The maximum Gasteiger partial charge on any atom is 0.249 e. The van der Waals surface area contributed by atoms with Gasteiger partial charge in [0.25, 0.3) is 0 Å². The number of fused-ring (bicyclic) bond motifs is 1. The second kappa shape index (κ2) is 6.93. The van der Waals surface area contributed by atoms with Crippen molar-refractivity contribution < 1.29 is 13.9 Å². The van der Waals surface area contributed by atoms with Gasteiger partial charge < -0.3 is 16.2 Å². The molecule has 4 N–H and O–H groups in total. The molecule has 4 rings (SSSR count). The Bertz CT molecular complexity index is 1070. The van der Waals surface area contributed by atoms with E-state index in [2.05, 4.69) is 0 Å². The molecular weight excluding hydrogens is 379 g/mol. The number of hydrogen-bond acceptors (Lipinski definition) is 3. The van der Waals surface area contributed by atoms with Gasteiger partial charge in [0.2, 0.25) is 5.91 Å². The highest BCUT2D eigenvalue weighted by molar-refractivity contribution is 6.34. The first-order chi connectivity index (χ1) is 13.5. The van der Waals surface area contributed by atoms with Crippen LogP contribution < -0.4 is 16.2 Å². The molecule has 0 bridgehead atoms. The van der Waals surface area contributed by atoms with Crippen molar-refractivity contribution in [1.82, 2.24) is 0 Å². The summed E-state index contributed by atoms with van der Waals surface area (Å²) in [5, 5.41) is 0.316. The van der Waals surface area contributed by atoms with Crippen LogP contribution in [0.25, 0.3) is 11.1 Å². The van der Waals surface area contributed by atoms with Gasteiger partial charge in [0.1, 0.15) is 11.6 Å². The van der Waals surface area contributed by atoms with E-state index < -0.39 is 17.3 Å². The van der Waals surface area contributed by atoms with Crippen LogP contribution in [-0.2, 0) is 12.0 Å². The Kier molecular flexibility index (Phi) is 4.57. The lowest BCUT2D eigenvalue weighted by atomic mass is 9.85. The molecule has 142 valence electrons. The summed E-state index contributed by atoms with van der Waals surface area (Å²) < 4.78 is 21.1. The number of benzene rings is 3. The van der Waals surface area contributed by atoms with Crippen molar-refractivity contribution in [3.05, 3.63) is 88.2 Å². The fourth-order valence-electron chi connectivity index (χ4n) is 3.79. The highest BCUT2D eigenvalue weighted by Crippen LogP contribution is 2.48. The molecule has 1 aliphatic rings. The SMILES string of the molecule is NC[C@@]1(c2ccccc2)Cc2c(ccc(Cl)c2-c2c(F)cccc2C(N)=O)O1. The Balaban J connectivity index is 1.94. The summed E-state index contributed by atoms with van der Waals surface area (Å²) in [6.07, 6.45) is 0.394. The van der Waals surface area contributed by atoms with Gasteiger partial charge in [0.05, 0.1) is 0 Å². The molecule has 0 aromatic heterocycles. The molecule has 4 nitrogen and oxygen atoms in total. The molecule has 1 aliphatic heterocycles. The summed E-state index contributed by atoms with van der Waals surface area (Å²) in [6, 6.07) is 17.2. The van der Waals surface area contributed by atoms with E-state index in [1.807, 2.05) is 30.3 Å². The fourth-order valence-corrected chi connectivity index (χ4v) is 4.06. The minimum atomic E-state index is -0.791. The molecule has 0 spiro atoms. The molecule has 1 atom stereocenters. The summed E-state index contributed by atoms with van der Waals surface area (Å²) in [7, 11) is 0. The monoisotopic (exact) mass is 396 g/mol. The predicted octanol–water partition coefficient (Wildman–Crippen LogP) is 4.03. The number of hydrogen-bond donors (Lipinski definition) is 2. The molecule has 6 heteroatoms. The van der Waals surface area contributed by atoms with E-state index >= 15 is 0 Å². The summed E-state index contributed by atoms with van der Waals surface area (Å²) in [5.74, 6) is -0.737. The van der Waals surface area contributed by atoms with Gasteiger partial charge in [-0.3, -0.25) is 4.79 Å². The van der Waals surface area contributed by atoms with E-state index in [1.165, 1.54) is 18.2 Å². The van der Waals surface area contributed by atoms with Crippen LogP contribution in [0.15, 0.2) is 60.7 Å². The van der Waals surface area contributed by atoms with E-state index in [4.69, 9.17) is 27.8 Å². The molecular formula is C22H18ClFN2O2. The molecule has 0 fully saturated rings. The zero-order valence-corrected chi connectivity index (χ0v) is 15.7. The van der Waals surface area contributed by atoms with Crippen molar-refractivity contribution in [2.75, 3.05) is 6.54 Å². The van der Waals surface area contributed by atoms with Gasteiger partial charge in [-0.25, -0.2) is 4.39 Å². The minimum absolute atomic E-state index is 0.0697. The second-order valence-electron chi connectivity index (χ2n) is 6.77. The Morgan fingerprint density at radius 2 is 1.82 bits per heavy atom. The smallest absolute Gasteiger partial charge is 0.249 e. The maximum atomic E-state index is 14.8. The molecule has 28 heavy (non-hydrogen) atoms.